The van der Waals surface area contributed by atoms with Gasteiger partial charge in [-0.1, -0.05) is 77.7 Å². The first kappa shape index (κ1) is 21.1. The largest absolute Gasteiger partial charge is 0.388 e. The maximum absolute atomic E-state index is 4.25. The summed E-state index contributed by atoms with van der Waals surface area (Å²) in [5, 5.41) is 3.45. The van der Waals surface area contributed by atoms with Gasteiger partial charge in [0.2, 0.25) is 0 Å². The summed E-state index contributed by atoms with van der Waals surface area (Å²) in [6, 6.07) is 0. The average Bonchev–Trinajstić information content (AvgIpc) is 2.55. The quantitative estimate of drug-likeness (QED) is 0.312. The number of unbranched alkanes of at least 4 members (excludes halogenated alkanes) is 1. The normalized spacial score (nSPS) is 17.2. The second-order valence-corrected chi connectivity index (χ2v) is 8.26. The highest BCUT2D eigenvalue weighted by Crippen LogP contribution is 2.37. The molecule has 0 aromatic heterocycles. The van der Waals surface area contributed by atoms with Crippen molar-refractivity contribution < 1.29 is 0 Å². The van der Waals surface area contributed by atoms with E-state index < -0.39 is 0 Å². The number of rotatable bonds is 11. The monoisotopic (exact) mass is 331 g/mol. The fraction of sp³-hybridized carbons (Fsp3) is 0.739. The van der Waals surface area contributed by atoms with E-state index in [4.69, 9.17) is 0 Å². The standard InChI is InChI=1S/C23H41N/c1-7-12-22(8-2)23(5,6)17-10-9-13-19(3)15-16-21-14-11-18-24-20(21)4/h15-16,22,24H,3,7-14,17-18H2,1-2,4-6H3/b16-15-/t22-/m0/s1. The summed E-state index contributed by atoms with van der Waals surface area (Å²) in [7, 11) is 0. The van der Waals surface area contributed by atoms with Crippen LogP contribution >= 0.6 is 0 Å². The molecule has 1 heteroatoms. The minimum absolute atomic E-state index is 0.484. The molecule has 0 fully saturated rings. The molecule has 0 radical (unpaired) electrons. The minimum Gasteiger partial charge on any atom is -0.388 e. The van der Waals surface area contributed by atoms with E-state index in [1.165, 1.54) is 68.2 Å². The van der Waals surface area contributed by atoms with Crippen LogP contribution in [-0.4, -0.2) is 6.54 Å². The molecule has 0 amide bonds. The highest BCUT2D eigenvalue weighted by atomic mass is 14.9. The molecular formula is C23H41N. The Morgan fingerprint density at radius 3 is 2.67 bits per heavy atom. The summed E-state index contributed by atoms with van der Waals surface area (Å²) >= 11 is 0. The fourth-order valence-corrected chi connectivity index (χ4v) is 4.00. The van der Waals surface area contributed by atoms with Crippen LogP contribution in [0, 0.1) is 11.3 Å². The van der Waals surface area contributed by atoms with E-state index in [2.05, 4.69) is 58.7 Å². The maximum Gasteiger partial charge on any atom is 0.0147 e. The van der Waals surface area contributed by atoms with E-state index in [1.807, 2.05) is 0 Å². The molecule has 24 heavy (non-hydrogen) atoms. The van der Waals surface area contributed by atoms with Crippen molar-refractivity contribution in [3.8, 4) is 0 Å². The highest BCUT2D eigenvalue weighted by Gasteiger charge is 2.26. The van der Waals surface area contributed by atoms with Crippen molar-refractivity contribution in [1.29, 1.82) is 0 Å². The van der Waals surface area contributed by atoms with Crippen LogP contribution in [0.3, 0.4) is 0 Å². The molecule has 1 N–H and O–H groups in total. The zero-order valence-corrected chi connectivity index (χ0v) is 17.0. The Bertz CT molecular complexity index is 439. The van der Waals surface area contributed by atoms with Gasteiger partial charge in [-0.05, 0) is 55.9 Å². The Labute approximate surface area is 151 Å². The van der Waals surface area contributed by atoms with Gasteiger partial charge in [-0.15, -0.1) is 0 Å². The van der Waals surface area contributed by atoms with Crippen molar-refractivity contribution in [3.05, 3.63) is 35.6 Å². The molecule has 1 nitrogen and oxygen atoms in total. The van der Waals surface area contributed by atoms with Gasteiger partial charge in [0.25, 0.3) is 0 Å². The predicted octanol–water partition coefficient (Wildman–Crippen LogP) is 7.17. The van der Waals surface area contributed by atoms with Crippen LogP contribution in [0.25, 0.3) is 0 Å². The third-order valence-electron chi connectivity index (χ3n) is 5.82. The van der Waals surface area contributed by atoms with Gasteiger partial charge < -0.3 is 5.32 Å². The average molecular weight is 332 g/mol. The minimum atomic E-state index is 0.484. The predicted molar refractivity (Wildman–Crippen MR) is 109 cm³/mol. The van der Waals surface area contributed by atoms with Gasteiger partial charge in [0.1, 0.15) is 0 Å². The summed E-state index contributed by atoms with van der Waals surface area (Å²) in [5.74, 6) is 0.874. The van der Waals surface area contributed by atoms with Crippen molar-refractivity contribution in [2.45, 2.75) is 92.4 Å². The van der Waals surface area contributed by atoms with Gasteiger partial charge in [0.05, 0.1) is 0 Å². The molecule has 138 valence electrons. The molecule has 0 spiro atoms. The first-order valence-corrected chi connectivity index (χ1v) is 10.2. The third kappa shape index (κ3) is 7.28. The SMILES string of the molecule is C=C(/C=C\C1=C(C)NCCC1)CCCCC(C)(C)[C@@H](CC)CCC. The Kier molecular flexibility index (Phi) is 9.48. The highest BCUT2D eigenvalue weighted by molar-refractivity contribution is 5.30. The van der Waals surface area contributed by atoms with Gasteiger partial charge in [0.15, 0.2) is 0 Å². The Morgan fingerprint density at radius 1 is 1.29 bits per heavy atom. The van der Waals surface area contributed by atoms with Crippen molar-refractivity contribution >= 4 is 0 Å². The van der Waals surface area contributed by atoms with E-state index in [0.29, 0.717) is 5.41 Å². The molecule has 0 saturated heterocycles. The van der Waals surface area contributed by atoms with E-state index in [9.17, 15) is 0 Å². The molecule has 1 aliphatic rings. The lowest BCUT2D eigenvalue weighted by atomic mass is 9.72. The summed E-state index contributed by atoms with van der Waals surface area (Å²) < 4.78 is 0. The third-order valence-corrected chi connectivity index (χ3v) is 5.82. The lowest BCUT2D eigenvalue weighted by Crippen LogP contribution is -2.23. The van der Waals surface area contributed by atoms with Gasteiger partial charge in [-0.25, -0.2) is 0 Å². The first-order chi connectivity index (χ1) is 11.4. The Morgan fingerprint density at radius 2 is 2.04 bits per heavy atom. The van der Waals surface area contributed by atoms with Crippen molar-refractivity contribution in [3.63, 3.8) is 0 Å². The van der Waals surface area contributed by atoms with Gasteiger partial charge in [-0.2, -0.15) is 0 Å². The van der Waals surface area contributed by atoms with E-state index in [0.717, 1.165) is 18.9 Å². The van der Waals surface area contributed by atoms with Crippen molar-refractivity contribution in [2.75, 3.05) is 6.54 Å². The lowest BCUT2D eigenvalue weighted by Gasteiger charge is -2.34. The van der Waals surface area contributed by atoms with E-state index >= 15 is 0 Å². The number of hydrogen-bond donors (Lipinski definition) is 1. The molecule has 0 saturated carbocycles. The van der Waals surface area contributed by atoms with Crippen LogP contribution < -0.4 is 5.32 Å². The first-order valence-electron chi connectivity index (χ1n) is 10.2. The van der Waals surface area contributed by atoms with Crippen LogP contribution in [0.1, 0.15) is 92.4 Å². The topological polar surface area (TPSA) is 12.0 Å². The maximum atomic E-state index is 4.25. The van der Waals surface area contributed by atoms with Crippen LogP contribution in [0.5, 0.6) is 0 Å². The molecule has 1 atom stereocenters. The summed E-state index contributed by atoms with van der Waals surface area (Å²) in [5.41, 5.74) is 4.55. The van der Waals surface area contributed by atoms with E-state index in [1.54, 1.807) is 0 Å². The molecule has 0 unspecified atom stereocenters. The van der Waals surface area contributed by atoms with Crippen LogP contribution in [0.4, 0.5) is 0 Å². The second-order valence-electron chi connectivity index (χ2n) is 8.26. The Hall–Kier alpha value is -0.980. The molecule has 0 aliphatic carbocycles. The molecular weight excluding hydrogens is 290 g/mol. The summed E-state index contributed by atoms with van der Waals surface area (Å²) in [6.07, 6.45) is 16.0. The summed E-state index contributed by atoms with van der Waals surface area (Å²) in [4.78, 5) is 0. The van der Waals surface area contributed by atoms with Crippen molar-refractivity contribution in [1.82, 2.24) is 5.32 Å². The lowest BCUT2D eigenvalue weighted by molar-refractivity contribution is 0.171. The van der Waals surface area contributed by atoms with Crippen LogP contribution in [0.2, 0.25) is 0 Å². The van der Waals surface area contributed by atoms with E-state index in [-0.39, 0.29) is 0 Å². The molecule has 1 aliphatic heterocycles. The van der Waals surface area contributed by atoms with Crippen molar-refractivity contribution in [2.24, 2.45) is 11.3 Å². The smallest absolute Gasteiger partial charge is 0.0147 e. The number of hydrogen-bond acceptors (Lipinski definition) is 1. The van der Waals surface area contributed by atoms with Crippen LogP contribution in [-0.2, 0) is 0 Å². The molecule has 1 heterocycles. The molecule has 0 bridgehead atoms. The molecule has 0 aromatic carbocycles. The zero-order valence-electron chi connectivity index (χ0n) is 17.0. The van der Waals surface area contributed by atoms with Gasteiger partial charge in [-0.3, -0.25) is 0 Å². The van der Waals surface area contributed by atoms with Gasteiger partial charge >= 0.3 is 0 Å². The van der Waals surface area contributed by atoms with Gasteiger partial charge in [0, 0.05) is 12.2 Å². The fourth-order valence-electron chi connectivity index (χ4n) is 4.00. The number of allylic oxidation sites excluding steroid dienone is 5. The zero-order chi connectivity index (χ0) is 18.0. The van der Waals surface area contributed by atoms with Crippen LogP contribution in [0.15, 0.2) is 35.6 Å². The molecule has 1 rings (SSSR count). The summed E-state index contributed by atoms with van der Waals surface area (Å²) in [6.45, 7) is 17.2. The second kappa shape index (κ2) is 10.8. The number of nitrogens with one attached hydrogen (secondary N) is 1. The Balaban J connectivity index is 2.32. The molecule has 0 aromatic rings.